The van der Waals surface area contributed by atoms with Crippen LogP contribution < -0.4 is 4.74 Å². The van der Waals surface area contributed by atoms with Gasteiger partial charge in [-0.3, -0.25) is 0 Å². The monoisotopic (exact) mass is 638 g/mol. The van der Waals surface area contributed by atoms with Crippen molar-refractivity contribution in [1.82, 2.24) is 9.97 Å². The van der Waals surface area contributed by atoms with E-state index in [-0.39, 0.29) is 0 Å². The maximum atomic E-state index is 6.69. The Morgan fingerprint density at radius 1 is 0.340 bits per heavy atom. The Morgan fingerprint density at radius 2 is 0.820 bits per heavy atom. The minimum absolute atomic E-state index is 0.543. The van der Waals surface area contributed by atoms with Crippen molar-refractivity contribution in [1.29, 1.82) is 0 Å². The second-order valence-electron chi connectivity index (χ2n) is 12.9. The fourth-order valence-electron chi connectivity index (χ4n) is 7.94. The van der Waals surface area contributed by atoms with Crippen molar-refractivity contribution in [3.05, 3.63) is 204 Å². The maximum absolute atomic E-state index is 6.69. The normalized spacial score (nSPS) is 13.1. The lowest BCUT2D eigenvalue weighted by molar-refractivity contribution is 0.436. The summed E-state index contributed by atoms with van der Waals surface area (Å²) in [6.07, 6.45) is 0. The number of rotatable bonds is 4. The van der Waals surface area contributed by atoms with Crippen molar-refractivity contribution in [3.8, 4) is 67.7 Å². The van der Waals surface area contributed by atoms with Crippen LogP contribution in [-0.4, -0.2) is 9.97 Å². The van der Waals surface area contributed by atoms with E-state index >= 15 is 0 Å². The second kappa shape index (κ2) is 11.3. The lowest BCUT2D eigenvalue weighted by atomic mass is 9.66. The van der Waals surface area contributed by atoms with Gasteiger partial charge in [-0.25, -0.2) is 9.97 Å². The maximum Gasteiger partial charge on any atom is 0.160 e. The van der Waals surface area contributed by atoms with Crippen molar-refractivity contribution in [2.75, 3.05) is 0 Å². The molecule has 2 aliphatic rings. The number of hydrogen-bond donors (Lipinski definition) is 0. The van der Waals surface area contributed by atoms with Gasteiger partial charge in [0.15, 0.2) is 5.82 Å². The van der Waals surface area contributed by atoms with E-state index in [9.17, 15) is 0 Å². The Balaban J connectivity index is 1.18. The summed E-state index contributed by atoms with van der Waals surface area (Å²) >= 11 is 0. The molecule has 0 saturated carbocycles. The molecule has 50 heavy (non-hydrogen) atoms. The minimum atomic E-state index is -0.543. The molecule has 2 heterocycles. The molecule has 0 N–H and O–H groups in total. The molecule has 7 aromatic carbocycles. The van der Waals surface area contributed by atoms with E-state index in [1.54, 1.807) is 0 Å². The van der Waals surface area contributed by atoms with E-state index in [0.29, 0.717) is 5.82 Å². The quantitative estimate of drug-likeness (QED) is 0.192. The van der Waals surface area contributed by atoms with Crippen molar-refractivity contribution in [2.24, 2.45) is 0 Å². The molecule has 0 radical (unpaired) electrons. The van der Waals surface area contributed by atoms with Gasteiger partial charge in [-0.1, -0.05) is 152 Å². The summed E-state index contributed by atoms with van der Waals surface area (Å²) in [4.78, 5) is 10.3. The largest absolute Gasteiger partial charge is 0.457 e. The van der Waals surface area contributed by atoms with Crippen molar-refractivity contribution in [2.45, 2.75) is 5.41 Å². The Morgan fingerprint density at radius 3 is 1.50 bits per heavy atom. The van der Waals surface area contributed by atoms with Gasteiger partial charge in [0.05, 0.1) is 16.8 Å². The molecule has 0 fully saturated rings. The van der Waals surface area contributed by atoms with Crippen molar-refractivity contribution in [3.63, 3.8) is 0 Å². The lowest BCUT2D eigenvalue weighted by Crippen LogP contribution is -2.32. The average Bonchev–Trinajstić information content (AvgIpc) is 3.49. The number of fused-ring (bicyclic) bond motifs is 9. The van der Waals surface area contributed by atoms with E-state index in [0.717, 1.165) is 50.7 Å². The first-order chi connectivity index (χ1) is 24.8. The van der Waals surface area contributed by atoms with Gasteiger partial charge in [0.2, 0.25) is 0 Å². The van der Waals surface area contributed by atoms with Gasteiger partial charge in [-0.05, 0) is 63.7 Å². The van der Waals surface area contributed by atoms with E-state index in [2.05, 4.69) is 158 Å². The van der Waals surface area contributed by atoms with Gasteiger partial charge in [0, 0.05) is 27.8 Å². The molecule has 3 nitrogen and oxygen atoms in total. The second-order valence-corrected chi connectivity index (χ2v) is 12.9. The summed E-state index contributed by atoms with van der Waals surface area (Å²) < 4.78 is 6.69. The molecule has 0 unspecified atom stereocenters. The van der Waals surface area contributed by atoms with Crippen LogP contribution in [0.1, 0.15) is 22.3 Å². The summed E-state index contributed by atoms with van der Waals surface area (Å²) in [6.45, 7) is 0. The number of hydrogen-bond acceptors (Lipinski definition) is 3. The summed E-state index contributed by atoms with van der Waals surface area (Å²) in [6, 6.07) is 64.1. The van der Waals surface area contributed by atoms with Gasteiger partial charge < -0.3 is 4.74 Å². The zero-order valence-corrected chi connectivity index (χ0v) is 27.1. The van der Waals surface area contributed by atoms with Gasteiger partial charge in [0.25, 0.3) is 0 Å². The Hall–Kier alpha value is -6.58. The number of aromatic nitrogens is 2. The molecule has 1 aliphatic heterocycles. The van der Waals surface area contributed by atoms with Gasteiger partial charge in [0.1, 0.15) is 11.5 Å². The highest BCUT2D eigenvalue weighted by Gasteiger charge is 2.51. The molecule has 1 spiro atoms. The smallest absolute Gasteiger partial charge is 0.160 e. The third-order valence-corrected chi connectivity index (χ3v) is 10.2. The summed E-state index contributed by atoms with van der Waals surface area (Å²) in [5.41, 5.74) is 13.9. The summed E-state index contributed by atoms with van der Waals surface area (Å²) in [7, 11) is 0. The Bertz CT molecular complexity index is 2510. The van der Waals surface area contributed by atoms with E-state index in [4.69, 9.17) is 14.7 Å². The van der Waals surface area contributed by atoms with Crippen LogP contribution in [0.2, 0.25) is 0 Å². The van der Waals surface area contributed by atoms with E-state index in [1.807, 2.05) is 24.3 Å². The number of ether oxygens (including phenoxy) is 1. The first-order valence-corrected chi connectivity index (χ1v) is 17.0. The van der Waals surface area contributed by atoms with Crippen LogP contribution in [0.3, 0.4) is 0 Å². The highest BCUT2D eigenvalue weighted by Crippen LogP contribution is 2.62. The molecule has 1 aromatic heterocycles. The summed E-state index contributed by atoms with van der Waals surface area (Å²) in [5.74, 6) is 2.43. The molecule has 0 atom stereocenters. The Labute approximate surface area is 291 Å². The lowest BCUT2D eigenvalue weighted by Gasteiger charge is -2.39. The molecular weight excluding hydrogens is 609 g/mol. The Kier molecular flexibility index (Phi) is 6.40. The molecule has 0 saturated heterocycles. The third kappa shape index (κ3) is 4.30. The number of benzene rings is 7. The third-order valence-electron chi connectivity index (χ3n) is 10.2. The zero-order chi connectivity index (χ0) is 33.1. The molecule has 234 valence electrons. The van der Waals surface area contributed by atoms with Gasteiger partial charge in [-0.15, -0.1) is 0 Å². The highest BCUT2D eigenvalue weighted by atomic mass is 16.5. The molecule has 3 heteroatoms. The summed E-state index contributed by atoms with van der Waals surface area (Å²) in [5, 5.41) is 0. The van der Waals surface area contributed by atoms with Crippen molar-refractivity contribution < 1.29 is 4.74 Å². The molecule has 10 rings (SSSR count). The standard InChI is InChI=1S/C47H30N2O/c1-3-13-31(14-4-1)32-23-25-33(26-24-32)42-30-43(49-46(48-42)34-15-5-2-6-16-34)35-27-28-45-41(29-35)47(40-21-11-12-22-44(40)50-45)38-19-9-7-17-36(38)37-18-8-10-20-39(37)47/h1-30H. The van der Waals surface area contributed by atoms with Crippen molar-refractivity contribution >= 4 is 0 Å². The van der Waals surface area contributed by atoms with Crippen LogP contribution in [0.5, 0.6) is 11.5 Å². The van der Waals surface area contributed by atoms with Gasteiger partial charge >= 0.3 is 0 Å². The number of para-hydroxylation sites is 1. The van der Waals surface area contributed by atoms with Crippen LogP contribution in [0.4, 0.5) is 0 Å². The topological polar surface area (TPSA) is 35.0 Å². The first-order valence-electron chi connectivity index (χ1n) is 17.0. The predicted molar refractivity (Wildman–Crippen MR) is 201 cm³/mol. The molecule has 1 aliphatic carbocycles. The first kappa shape index (κ1) is 28.4. The zero-order valence-electron chi connectivity index (χ0n) is 27.1. The van der Waals surface area contributed by atoms with Crippen LogP contribution in [0, 0.1) is 0 Å². The van der Waals surface area contributed by atoms with Gasteiger partial charge in [-0.2, -0.15) is 0 Å². The fraction of sp³-hybridized carbons (Fsp3) is 0.0213. The van der Waals surface area contributed by atoms with E-state index in [1.165, 1.54) is 33.4 Å². The molecule has 8 aromatic rings. The SMILES string of the molecule is c1ccc(-c2ccc(-c3cc(-c4ccc5c(c4)C4(c6ccccc6O5)c5ccccc5-c5ccccc54)nc(-c4ccccc4)n3)cc2)cc1. The van der Waals surface area contributed by atoms with Crippen LogP contribution in [-0.2, 0) is 5.41 Å². The molecule has 0 amide bonds. The fourth-order valence-corrected chi connectivity index (χ4v) is 7.94. The average molecular weight is 639 g/mol. The van der Waals surface area contributed by atoms with Crippen LogP contribution in [0.15, 0.2) is 182 Å². The highest BCUT2D eigenvalue weighted by molar-refractivity contribution is 5.89. The predicted octanol–water partition coefficient (Wildman–Crippen LogP) is 11.6. The van der Waals surface area contributed by atoms with Crippen LogP contribution >= 0.6 is 0 Å². The molecule has 0 bridgehead atoms. The molecular formula is C47H30N2O. The van der Waals surface area contributed by atoms with Crippen LogP contribution in [0.25, 0.3) is 56.2 Å². The minimum Gasteiger partial charge on any atom is -0.457 e. The number of nitrogens with zero attached hydrogens (tertiary/aromatic N) is 2. The van der Waals surface area contributed by atoms with E-state index < -0.39 is 5.41 Å².